The van der Waals surface area contributed by atoms with Crippen LogP contribution in [0.3, 0.4) is 0 Å². The first-order valence-electron chi connectivity index (χ1n) is 9.87. The van der Waals surface area contributed by atoms with Gasteiger partial charge in [-0.05, 0) is 38.0 Å². The van der Waals surface area contributed by atoms with Crippen LogP contribution in [0.2, 0.25) is 0 Å². The molecule has 1 saturated heterocycles. The molecule has 8 heteroatoms. The Hall–Kier alpha value is -3.29. The maximum absolute atomic E-state index is 13.7. The van der Waals surface area contributed by atoms with Gasteiger partial charge in [0, 0.05) is 42.7 Å². The highest BCUT2D eigenvalue weighted by Gasteiger charge is 2.27. The first-order chi connectivity index (χ1) is 14.5. The van der Waals surface area contributed by atoms with Crippen molar-refractivity contribution < 1.29 is 18.0 Å². The number of aromatic nitrogens is 2. The van der Waals surface area contributed by atoms with Gasteiger partial charge in [0.1, 0.15) is 11.6 Å². The number of carbonyl (C=O) groups excluding carboxylic acids is 1. The minimum Gasteiger partial charge on any atom is -0.403 e. The third kappa shape index (κ3) is 4.48. The first-order valence-corrected chi connectivity index (χ1v) is 9.87. The summed E-state index contributed by atoms with van der Waals surface area (Å²) in [6.07, 6.45) is 1.25. The number of carbonyl (C=O) groups is 1. The molecule has 1 aliphatic rings. The molecule has 0 aliphatic carbocycles. The molecule has 0 spiro atoms. The fourth-order valence-electron chi connectivity index (χ4n) is 3.48. The molecule has 2 aromatic carbocycles. The second-order valence-electron chi connectivity index (χ2n) is 7.47. The quantitative estimate of drug-likeness (QED) is 0.689. The molecule has 1 amide bonds. The van der Waals surface area contributed by atoms with Gasteiger partial charge >= 0.3 is 6.01 Å². The van der Waals surface area contributed by atoms with E-state index in [1.807, 2.05) is 36.1 Å². The van der Waals surface area contributed by atoms with Crippen LogP contribution in [0.1, 0.15) is 24.0 Å². The summed E-state index contributed by atoms with van der Waals surface area (Å²) in [4.78, 5) is 14.4. The number of nitrogens with one attached hydrogen (secondary N) is 1. The highest BCUT2D eigenvalue weighted by atomic mass is 19.1. The van der Waals surface area contributed by atoms with Crippen LogP contribution in [-0.4, -0.2) is 29.2 Å². The Labute approximate surface area is 172 Å². The summed E-state index contributed by atoms with van der Waals surface area (Å²) in [6, 6.07) is 11.6. The predicted octanol–water partition coefficient (Wildman–Crippen LogP) is 3.86. The van der Waals surface area contributed by atoms with Gasteiger partial charge in [-0.15, -0.1) is 5.10 Å². The van der Waals surface area contributed by atoms with Crippen molar-refractivity contribution in [3.05, 3.63) is 65.2 Å². The van der Waals surface area contributed by atoms with Gasteiger partial charge in [-0.2, -0.15) is 0 Å². The lowest BCUT2D eigenvalue weighted by atomic mass is 9.96. The van der Waals surface area contributed by atoms with E-state index >= 15 is 0 Å². The molecule has 0 bridgehead atoms. The van der Waals surface area contributed by atoms with Crippen LogP contribution >= 0.6 is 0 Å². The summed E-state index contributed by atoms with van der Waals surface area (Å²) in [5, 5.41) is 11.0. The normalized spacial score (nSPS) is 14.7. The molecule has 156 valence electrons. The van der Waals surface area contributed by atoms with Crippen LogP contribution in [0.5, 0.6) is 0 Å². The van der Waals surface area contributed by atoms with Crippen LogP contribution in [0.15, 0.2) is 46.9 Å². The second kappa shape index (κ2) is 8.61. The lowest BCUT2D eigenvalue weighted by Crippen LogP contribution is -2.40. The van der Waals surface area contributed by atoms with Gasteiger partial charge in [-0.3, -0.25) is 4.79 Å². The molecule has 1 N–H and O–H groups in total. The van der Waals surface area contributed by atoms with Crippen LogP contribution in [0.25, 0.3) is 11.5 Å². The largest absolute Gasteiger partial charge is 0.403 e. The minimum atomic E-state index is -0.661. The number of benzene rings is 2. The van der Waals surface area contributed by atoms with Crippen LogP contribution < -0.4 is 10.2 Å². The number of aryl methyl sites for hydroxylation is 1. The standard InChI is InChI=1S/C22H22F2N4O2/c1-14-2-4-16(5-3-14)21-26-27-22(30-21)28-10-8-15(9-11-28)20(29)25-13-17-6-7-18(23)12-19(17)24/h2-7,12,15H,8-11,13H2,1H3,(H,25,29). The maximum atomic E-state index is 13.7. The van der Waals surface area contributed by atoms with Crippen molar-refractivity contribution in [1.29, 1.82) is 0 Å². The number of rotatable bonds is 5. The third-order valence-electron chi connectivity index (χ3n) is 5.32. The average Bonchev–Trinajstić information content (AvgIpc) is 3.24. The smallest absolute Gasteiger partial charge is 0.318 e. The second-order valence-corrected chi connectivity index (χ2v) is 7.47. The Morgan fingerprint density at radius 3 is 2.57 bits per heavy atom. The third-order valence-corrected chi connectivity index (χ3v) is 5.32. The van der Waals surface area contributed by atoms with Crippen molar-refractivity contribution in [1.82, 2.24) is 15.5 Å². The lowest BCUT2D eigenvalue weighted by molar-refractivity contribution is -0.125. The van der Waals surface area contributed by atoms with Gasteiger partial charge < -0.3 is 14.6 Å². The van der Waals surface area contributed by atoms with E-state index in [0.29, 0.717) is 37.8 Å². The molecule has 3 aromatic rings. The van der Waals surface area contributed by atoms with E-state index in [9.17, 15) is 13.6 Å². The van der Waals surface area contributed by atoms with Crippen molar-refractivity contribution in [2.45, 2.75) is 26.3 Å². The fraction of sp³-hybridized carbons (Fsp3) is 0.318. The van der Waals surface area contributed by atoms with Gasteiger partial charge in [0.25, 0.3) is 0 Å². The summed E-state index contributed by atoms with van der Waals surface area (Å²) in [6.45, 7) is 3.27. The molecule has 1 aromatic heterocycles. The molecule has 0 atom stereocenters. The van der Waals surface area contributed by atoms with Crippen molar-refractivity contribution >= 4 is 11.9 Å². The maximum Gasteiger partial charge on any atom is 0.318 e. The molecule has 6 nitrogen and oxygen atoms in total. The molecule has 2 heterocycles. The predicted molar refractivity (Wildman–Crippen MR) is 108 cm³/mol. The molecule has 30 heavy (non-hydrogen) atoms. The molecule has 0 saturated carbocycles. The van der Waals surface area contributed by atoms with Gasteiger partial charge in [0.05, 0.1) is 0 Å². The van der Waals surface area contributed by atoms with Crippen LogP contribution in [0.4, 0.5) is 14.8 Å². The Morgan fingerprint density at radius 2 is 1.87 bits per heavy atom. The van der Waals surface area contributed by atoms with E-state index in [1.54, 1.807) is 0 Å². The Balaban J connectivity index is 1.30. The Kier molecular flexibility index (Phi) is 5.74. The summed E-state index contributed by atoms with van der Waals surface area (Å²) in [7, 11) is 0. The van der Waals surface area contributed by atoms with Crippen molar-refractivity contribution in [2.75, 3.05) is 18.0 Å². The molecule has 4 rings (SSSR count). The number of halogens is 2. The zero-order valence-corrected chi connectivity index (χ0v) is 16.6. The van der Waals surface area contributed by atoms with E-state index in [4.69, 9.17) is 4.42 Å². The van der Waals surface area contributed by atoms with Crippen molar-refractivity contribution in [3.8, 4) is 11.5 Å². The van der Waals surface area contributed by atoms with E-state index < -0.39 is 11.6 Å². The molecular formula is C22H22F2N4O2. The van der Waals surface area contributed by atoms with E-state index in [1.165, 1.54) is 12.1 Å². The lowest BCUT2D eigenvalue weighted by Gasteiger charge is -2.29. The number of hydrogen-bond donors (Lipinski definition) is 1. The summed E-state index contributed by atoms with van der Waals surface area (Å²) in [5.41, 5.74) is 2.28. The number of amides is 1. The number of hydrogen-bond acceptors (Lipinski definition) is 5. The zero-order valence-electron chi connectivity index (χ0n) is 16.6. The van der Waals surface area contributed by atoms with E-state index in [-0.39, 0.29) is 23.9 Å². The van der Waals surface area contributed by atoms with E-state index in [0.717, 1.165) is 17.2 Å². The fourth-order valence-corrected chi connectivity index (χ4v) is 3.48. The van der Waals surface area contributed by atoms with Gasteiger partial charge in [-0.1, -0.05) is 28.9 Å². The summed E-state index contributed by atoms with van der Waals surface area (Å²) >= 11 is 0. The molecule has 1 aliphatic heterocycles. The zero-order chi connectivity index (χ0) is 21.1. The highest BCUT2D eigenvalue weighted by Crippen LogP contribution is 2.26. The summed E-state index contributed by atoms with van der Waals surface area (Å²) in [5.74, 6) is -1.15. The highest BCUT2D eigenvalue weighted by molar-refractivity contribution is 5.78. The van der Waals surface area contributed by atoms with Crippen LogP contribution in [0, 0.1) is 24.5 Å². The average molecular weight is 412 g/mol. The SMILES string of the molecule is Cc1ccc(-c2nnc(N3CCC(C(=O)NCc4ccc(F)cc4F)CC3)o2)cc1. The van der Waals surface area contributed by atoms with Gasteiger partial charge in [0.15, 0.2) is 0 Å². The number of piperidine rings is 1. The monoisotopic (exact) mass is 412 g/mol. The van der Waals surface area contributed by atoms with Crippen molar-refractivity contribution in [2.24, 2.45) is 5.92 Å². The molecule has 0 unspecified atom stereocenters. The van der Waals surface area contributed by atoms with Gasteiger partial charge in [-0.25, -0.2) is 8.78 Å². The van der Waals surface area contributed by atoms with E-state index in [2.05, 4.69) is 15.5 Å². The first kappa shape index (κ1) is 20.0. The van der Waals surface area contributed by atoms with Crippen LogP contribution in [-0.2, 0) is 11.3 Å². The number of anilines is 1. The Morgan fingerprint density at radius 1 is 1.13 bits per heavy atom. The Bertz CT molecular complexity index is 1030. The van der Waals surface area contributed by atoms with Crippen molar-refractivity contribution in [3.63, 3.8) is 0 Å². The minimum absolute atomic E-state index is 0.0364. The number of nitrogens with zero attached hydrogens (tertiary/aromatic N) is 3. The molecule has 0 radical (unpaired) electrons. The molecule has 1 fully saturated rings. The summed E-state index contributed by atoms with van der Waals surface area (Å²) < 4.78 is 32.5. The van der Waals surface area contributed by atoms with Gasteiger partial charge in [0.2, 0.25) is 11.8 Å². The topological polar surface area (TPSA) is 71.3 Å². The molecular weight excluding hydrogens is 390 g/mol.